The zero-order valence-corrected chi connectivity index (χ0v) is 12.2. The number of carbonyl (C=O) groups is 1. The lowest BCUT2D eigenvalue weighted by molar-refractivity contribution is -0.124. The number of halogens is 2. The fourth-order valence-electron chi connectivity index (χ4n) is 1.77. The Bertz CT molecular complexity index is 582. The van der Waals surface area contributed by atoms with E-state index < -0.39 is 0 Å². The van der Waals surface area contributed by atoms with Crippen molar-refractivity contribution < 1.29 is 4.79 Å². The Morgan fingerprint density at radius 2 is 1.95 bits per heavy atom. The fraction of sp³-hybridized carbons (Fsp3) is 0.400. The molecule has 20 heavy (non-hydrogen) atoms. The molecule has 1 aliphatic rings. The second-order valence-corrected chi connectivity index (χ2v) is 4.66. The molecule has 1 aromatic heterocycles. The molecular formula is C10H10Cl2N6O2. The fourth-order valence-corrected chi connectivity index (χ4v) is 2.40. The van der Waals surface area contributed by atoms with E-state index in [0.29, 0.717) is 18.9 Å². The van der Waals surface area contributed by atoms with E-state index in [9.17, 15) is 9.70 Å². The molecule has 0 atom stereocenters. The normalized spacial score (nSPS) is 14.2. The van der Waals surface area contributed by atoms with Gasteiger partial charge in [0.15, 0.2) is 10.3 Å². The SMILES string of the molecule is CC(=O)N1CCN=C1N(N=O)c1c(Cl)nc(C)nc1Cl. The molecule has 0 fully saturated rings. The second kappa shape index (κ2) is 5.68. The van der Waals surface area contributed by atoms with Crippen molar-refractivity contribution in [3.63, 3.8) is 0 Å². The van der Waals surface area contributed by atoms with E-state index in [0.717, 1.165) is 5.01 Å². The van der Waals surface area contributed by atoms with Crippen molar-refractivity contribution in [3.8, 4) is 0 Å². The van der Waals surface area contributed by atoms with Gasteiger partial charge in [0.1, 0.15) is 11.5 Å². The molecule has 0 aliphatic carbocycles. The minimum absolute atomic E-state index is 0.000772. The molecule has 106 valence electrons. The first-order valence-electron chi connectivity index (χ1n) is 5.61. The van der Waals surface area contributed by atoms with E-state index in [4.69, 9.17) is 23.2 Å². The van der Waals surface area contributed by atoms with E-state index in [1.54, 1.807) is 6.92 Å². The first kappa shape index (κ1) is 14.6. The number of hydrogen-bond acceptors (Lipinski definition) is 6. The highest BCUT2D eigenvalue weighted by Gasteiger charge is 2.31. The molecule has 2 rings (SSSR count). The third kappa shape index (κ3) is 2.56. The lowest BCUT2D eigenvalue weighted by atomic mass is 10.4. The number of hydrogen-bond donors (Lipinski definition) is 0. The Labute approximate surface area is 124 Å². The molecule has 1 amide bonds. The van der Waals surface area contributed by atoms with Crippen LogP contribution in [0.15, 0.2) is 10.3 Å². The van der Waals surface area contributed by atoms with Gasteiger partial charge in [-0.25, -0.2) is 15.0 Å². The number of aliphatic imine (C=N–C) groups is 1. The van der Waals surface area contributed by atoms with Gasteiger partial charge < -0.3 is 0 Å². The molecule has 8 nitrogen and oxygen atoms in total. The zero-order valence-electron chi connectivity index (χ0n) is 10.7. The van der Waals surface area contributed by atoms with Crippen molar-refractivity contribution in [2.45, 2.75) is 13.8 Å². The van der Waals surface area contributed by atoms with Crippen LogP contribution in [-0.4, -0.2) is 39.8 Å². The summed E-state index contributed by atoms with van der Waals surface area (Å²) in [7, 11) is 0. The number of rotatable bonds is 2. The van der Waals surface area contributed by atoms with E-state index in [-0.39, 0.29) is 27.9 Å². The Morgan fingerprint density at radius 3 is 2.45 bits per heavy atom. The average molecular weight is 317 g/mol. The van der Waals surface area contributed by atoms with Crippen LogP contribution >= 0.6 is 23.2 Å². The standard InChI is InChI=1S/C10H10Cl2N6O2/c1-5-14-8(11)7(9(12)15-5)18(16-20)10-13-3-4-17(10)6(2)19/h3-4H2,1-2H3. The quantitative estimate of drug-likeness (QED) is 0.471. The smallest absolute Gasteiger partial charge is 0.232 e. The summed E-state index contributed by atoms with van der Waals surface area (Å²) in [5, 5.41) is 3.58. The van der Waals surface area contributed by atoms with Crippen LogP contribution in [0, 0.1) is 11.8 Å². The maximum absolute atomic E-state index is 11.5. The van der Waals surface area contributed by atoms with E-state index in [2.05, 4.69) is 20.2 Å². The number of amides is 1. The number of aryl methyl sites for hydroxylation is 1. The number of anilines is 1. The third-order valence-corrected chi connectivity index (χ3v) is 3.12. The maximum atomic E-state index is 11.5. The number of aromatic nitrogens is 2. The molecule has 0 saturated carbocycles. The summed E-state index contributed by atoms with van der Waals surface area (Å²) in [5.41, 5.74) is 0.000772. The highest BCUT2D eigenvalue weighted by atomic mass is 35.5. The lowest BCUT2D eigenvalue weighted by Crippen LogP contribution is -2.42. The summed E-state index contributed by atoms with van der Waals surface area (Å²) < 4.78 is 0. The minimum atomic E-state index is -0.268. The number of nitrogens with zero attached hydrogens (tertiary/aromatic N) is 6. The molecule has 2 heterocycles. The molecule has 1 aromatic rings. The molecule has 0 N–H and O–H groups in total. The predicted octanol–water partition coefficient (Wildman–Crippen LogP) is 1.80. The van der Waals surface area contributed by atoms with Crippen molar-refractivity contribution in [2.75, 3.05) is 18.1 Å². The Morgan fingerprint density at radius 1 is 1.35 bits per heavy atom. The summed E-state index contributed by atoms with van der Waals surface area (Å²) in [6, 6.07) is 0. The van der Waals surface area contributed by atoms with Gasteiger partial charge in [0.05, 0.1) is 11.8 Å². The van der Waals surface area contributed by atoms with Crippen LogP contribution in [-0.2, 0) is 4.79 Å². The van der Waals surface area contributed by atoms with Crippen LogP contribution in [0.4, 0.5) is 5.69 Å². The van der Waals surface area contributed by atoms with Crippen LogP contribution in [0.5, 0.6) is 0 Å². The molecule has 0 saturated heterocycles. The molecule has 0 unspecified atom stereocenters. The second-order valence-electron chi connectivity index (χ2n) is 3.95. The van der Waals surface area contributed by atoms with E-state index >= 15 is 0 Å². The van der Waals surface area contributed by atoms with Gasteiger partial charge in [-0.2, -0.15) is 5.01 Å². The number of nitroso groups, excluding NO2 is 1. The van der Waals surface area contributed by atoms with Crippen molar-refractivity contribution in [1.82, 2.24) is 14.9 Å². The summed E-state index contributed by atoms with van der Waals surface area (Å²) in [4.78, 5) is 35.8. The monoisotopic (exact) mass is 316 g/mol. The molecule has 0 bridgehead atoms. The van der Waals surface area contributed by atoms with Crippen LogP contribution in [0.1, 0.15) is 12.7 Å². The Balaban J connectivity index is 2.49. The number of carbonyl (C=O) groups excluding carboxylic acids is 1. The first-order valence-corrected chi connectivity index (χ1v) is 6.37. The average Bonchev–Trinajstić information content (AvgIpc) is 2.82. The summed E-state index contributed by atoms with van der Waals surface area (Å²) in [6.07, 6.45) is 0. The van der Waals surface area contributed by atoms with Crippen molar-refractivity contribution >= 4 is 40.8 Å². The molecule has 1 aliphatic heterocycles. The van der Waals surface area contributed by atoms with Crippen LogP contribution in [0.25, 0.3) is 0 Å². The zero-order chi connectivity index (χ0) is 14.9. The van der Waals surface area contributed by atoms with Gasteiger partial charge in [-0.1, -0.05) is 23.2 Å². The molecule has 10 heteroatoms. The largest absolute Gasteiger partial charge is 0.279 e. The molecule has 0 radical (unpaired) electrons. The van der Waals surface area contributed by atoms with Gasteiger partial charge in [0, 0.05) is 13.5 Å². The van der Waals surface area contributed by atoms with Crippen molar-refractivity contribution in [3.05, 3.63) is 21.0 Å². The Hall–Kier alpha value is -1.80. The summed E-state index contributed by atoms with van der Waals surface area (Å²) in [6.45, 7) is 3.69. The molecular weight excluding hydrogens is 307 g/mol. The van der Waals surface area contributed by atoms with E-state index in [1.165, 1.54) is 11.8 Å². The predicted molar refractivity (Wildman–Crippen MR) is 74.8 cm³/mol. The van der Waals surface area contributed by atoms with Crippen molar-refractivity contribution in [1.29, 1.82) is 0 Å². The van der Waals surface area contributed by atoms with Gasteiger partial charge in [0.25, 0.3) is 0 Å². The summed E-state index contributed by atoms with van der Waals surface area (Å²) >= 11 is 12.0. The summed E-state index contributed by atoms with van der Waals surface area (Å²) in [5.74, 6) is 0.144. The van der Waals surface area contributed by atoms with Crippen molar-refractivity contribution in [2.24, 2.45) is 10.3 Å². The van der Waals surface area contributed by atoms with Gasteiger partial charge in [0.2, 0.25) is 11.9 Å². The van der Waals surface area contributed by atoms with Gasteiger partial charge >= 0.3 is 0 Å². The van der Waals surface area contributed by atoms with E-state index in [1.807, 2.05) is 0 Å². The Kier molecular flexibility index (Phi) is 4.15. The molecule has 0 aromatic carbocycles. The lowest BCUT2D eigenvalue weighted by Gasteiger charge is -2.23. The van der Waals surface area contributed by atoms with Crippen LogP contribution < -0.4 is 5.01 Å². The van der Waals surface area contributed by atoms with Crippen LogP contribution in [0.3, 0.4) is 0 Å². The van der Waals surface area contributed by atoms with Gasteiger partial charge in [-0.3, -0.25) is 9.69 Å². The topological polar surface area (TPSA) is 91.1 Å². The molecule has 0 spiro atoms. The van der Waals surface area contributed by atoms with Gasteiger partial charge in [-0.05, 0) is 6.92 Å². The number of guanidine groups is 1. The minimum Gasteiger partial charge on any atom is -0.279 e. The highest BCUT2D eigenvalue weighted by molar-refractivity contribution is 6.38. The van der Waals surface area contributed by atoms with Crippen LogP contribution in [0.2, 0.25) is 10.3 Å². The maximum Gasteiger partial charge on any atom is 0.232 e. The first-order chi connectivity index (χ1) is 9.45. The van der Waals surface area contributed by atoms with Gasteiger partial charge in [-0.15, -0.1) is 4.91 Å². The highest BCUT2D eigenvalue weighted by Crippen LogP contribution is 2.32. The third-order valence-electron chi connectivity index (χ3n) is 2.59.